The highest BCUT2D eigenvalue weighted by molar-refractivity contribution is 5.98. The molecule has 0 radical (unpaired) electrons. The zero-order valence-corrected chi connectivity index (χ0v) is 10.3. The van der Waals surface area contributed by atoms with Crippen LogP contribution in [-0.4, -0.2) is 15.2 Å². The van der Waals surface area contributed by atoms with Crippen LogP contribution in [0.25, 0.3) is 28.3 Å². The Balaban J connectivity index is 2.36. The molecule has 2 N–H and O–H groups in total. The Morgan fingerprint density at radius 2 is 2.00 bits per heavy atom. The molecule has 5 heteroatoms. The van der Waals surface area contributed by atoms with E-state index in [4.69, 9.17) is 4.42 Å². The Labute approximate surface area is 113 Å². The molecule has 0 spiro atoms. The highest BCUT2D eigenvalue weighted by Crippen LogP contribution is 2.39. The van der Waals surface area contributed by atoms with Crippen molar-refractivity contribution in [2.75, 3.05) is 0 Å². The van der Waals surface area contributed by atoms with Gasteiger partial charge >= 0.3 is 0 Å². The summed E-state index contributed by atoms with van der Waals surface area (Å²) in [6, 6.07) is 5.32. The van der Waals surface area contributed by atoms with E-state index < -0.39 is 11.6 Å². The predicted octanol–water partition coefficient (Wildman–Crippen LogP) is 3.69. The summed E-state index contributed by atoms with van der Waals surface area (Å²) in [5.41, 5.74) is 2.20. The van der Waals surface area contributed by atoms with Crippen LogP contribution in [-0.2, 0) is 0 Å². The first-order chi connectivity index (χ1) is 9.61. The summed E-state index contributed by atoms with van der Waals surface area (Å²) in [7, 11) is 0. The number of oxazole rings is 1. The van der Waals surface area contributed by atoms with Crippen LogP contribution in [0.2, 0.25) is 0 Å². The summed E-state index contributed by atoms with van der Waals surface area (Å²) in [5.74, 6) is -1.29. The van der Waals surface area contributed by atoms with Crippen molar-refractivity contribution in [2.45, 2.75) is 0 Å². The fourth-order valence-electron chi connectivity index (χ4n) is 2.13. The maximum absolute atomic E-state index is 13.5. The quantitative estimate of drug-likeness (QED) is 0.746. The molecule has 1 aromatic heterocycles. The Kier molecular flexibility index (Phi) is 2.68. The number of nitrogens with zero attached hydrogens (tertiary/aromatic N) is 1. The largest absolute Gasteiger partial charge is 0.507 e. The lowest BCUT2D eigenvalue weighted by atomic mass is 10.00. The summed E-state index contributed by atoms with van der Waals surface area (Å²) in [6.45, 7) is 3.64. The van der Waals surface area contributed by atoms with Crippen molar-refractivity contribution in [3.63, 3.8) is 0 Å². The van der Waals surface area contributed by atoms with Crippen LogP contribution in [0.15, 0.2) is 41.7 Å². The maximum Gasteiger partial charge on any atom is 0.182 e. The Hall–Kier alpha value is -2.82. The molecule has 20 heavy (non-hydrogen) atoms. The van der Waals surface area contributed by atoms with Gasteiger partial charge in [-0.1, -0.05) is 18.7 Å². The van der Waals surface area contributed by atoms with Crippen LogP contribution in [0.5, 0.6) is 11.5 Å². The first-order valence-corrected chi connectivity index (χ1v) is 5.82. The molecule has 0 bridgehead atoms. The smallest absolute Gasteiger partial charge is 0.182 e. The summed E-state index contributed by atoms with van der Waals surface area (Å²) in [6.07, 6.45) is 2.78. The summed E-state index contributed by atoms with van der Waals surface area (Å²) < 4.78 is 18.8. The first-order valence-electron chi connectivity index (χ1n) is 5.82. The number of benzene rings is 2. The molecule has 0 aliphatic heterocycles. The van der Waals surface area contributed by atoms with E-state index in [0.717, 1.165) is 6.07 Å². The van der Waals surface area contributed by atoms with E-state index in [2.05, 4.69) is 11.6 Å². The average molecular weight is 271 g/mol. The predicted molar refractivity (Wildman–Crippen MR) is 72.8 cm³/mol. The minimum atomic E-state index is -0.772. The Morgan fingerprint density at radius 3 is 2.70 bits per heavy atom. The van der Waals surface area contributed by atoms with E-state index in [1.165, 1.54) is 30.7 Å². The number of aromatic hydroxyl groups is 2. The SMILES string of the molecule is C=Cc1cc(O)c(-c2ccc(O)c(F)c2)c2ncoc12. The van der Waals surface area contributed by atoms with Gasteiger partial charge in [0.2, 0.25) is 0 Å². The maximum atomic E-state index is 13.5. The van der Waals surface area contributed by atoms with E-state index in [1.807, 2.05) is 0 Å². The van der Waals surface area contributed by atoms with E-state index in [0.29, 0.717) is 27.8 Å². The van der Waals surface area contributed by atoms with E-state index >= 15 is 0 Å². The molecule has 0 unspecified atom stereocenters. The monoisotopic (exact) mass is 271 g/mol. The van der Waals surface area contributed by atoms with E-state index in [-0.39, 0.29) is 5.75 Å². The first kappa shape index (κ1) is 12.2. The molecule has 0 saturated carbocycles. The van der Waals surface area contributed by atoms with Gasteiger partial charge in [-0.25, -0.2) is 9.37 Å². The zero-order chi connectivity index (χ0) is 14.3. The lowest BCUT2D eigenvalue weighted by Gasteiger charge is -2.08. The summed E-state index contributed by atoms with van der Waals surface area (Å²) in [4.78, 5) is 4.06. The minimum Gasteiger partial charge on any atom is -0.507 e. The van der Waals surface area contributed by atoms with Crippen molar-refractivity contribution < 1.29 is 19.0 Å². The van der Waals surface area contributed by atoms with Crippen molar-refractivity contribution in [3.05, 3.63) is 48.6 Å². The Bertz CT molecular complexity index is 823. The van der Waals surface area contributed by atoms with Gasteiger partial charge in [0, 0.05) is 5.56 Å². The van der Waals surface area contributed by atoms with Crippen LogP contribution in [0, 0.1) is 5.82 Å². The topological polar surface area (TPSA) is 66.5 Å². The zero-order valence-electron chi connectivity index (χ0n) is 10.3. The number of rotatable bonds is 2. The second-order valence-corrected chi connectivity index (χ2v) is 4.26. The minimum absolute atomic E-state index is 0.0635. The number of fused-ring (bicyclic) bond motifs is 1. The Morgan fingerprint density at radius 1 is 1.20 bits per heavy atom. The summed E-state index contributed by atoms with van der Waals surface area (Å²) in [5, 5.41) is 19.4. The third-order valence-electron chi connectivity index (χ3n) is 3.07. The molecule has 0 aliphatic carbocycles. The normalized spacial score (nSPS) is 10.8. The van der Waals surface area contributed by atoms with Gasteiger partial charge < -0.3 is 14.6 Å². The van der Waals surface area contributed by atoms with Crippen molar-refractivity contribution in [1.82, 2.24) is 4.98 Å². The molecule has 3 aromatic rings. The average Bonchev–Trinajstić information content (AvgIpc) is 2.90. The van der Waals surface area contributed by atoms with Gasteiger partial charge in [0.05, 0.1) is 5.56 Å². The lowest BCUT2D eigenvalue weighted by molar-refractivity contribution is 0.432. The second-order valence-electron chi connectivity index (χ2n) is 4.26. The molecular weight excluding hydrogens is 261 g/mol. The highest BCUT2D eigenvalue weighted by Gasteiger charge is 2.17. The van der Waals surface area contributed by atoms with Crippen molar-refractivity contribution in [3.8, 4) is 22.6 Å². The van der Waals surface area contributed by atoms with Gasteiger partial charge in [-0.05, 0) is 23.8 Å². The van der Waals surface area contributed by atoms with Gasteiger partial charge in [-0.2, -0.15) is 0 Å². The van der Waals surface area contributed by atoms with Crippen molar-refractivity contribution >= 4 is 17.2 Å². The molecule has 0 aliphatic rings. The van der Waals surface area contributed by atoms with Crippen LogP contribution in [0.1, 0.15) is 5.56 Å². The number of hydrogen-bond acceptors (Lipinski definition) is 4. The number of hydrogen-bond donors (Lipinski definition) is 2. The second kappa shape index (κ2) is 4.38. The molecule has 100 valence electrons. The van der Waals surface area contributed by atoms with Gasteiger partial charge in [0.15, 0.2) is 23.5 Å². The van der Waals surface area contributed by atoms with Gasteiger partial charge in [-0.15, -0.1) is 0 Å². The molecule has 2 aromatic carbocycles. The third kappa shape index (κ3) is 1.72. The number of halogens is 1. The van der Waals surface area contributed by atoms with Gasteiger partial charge in [0.25, 0.3) is 0 Å². The van der Waals surface area contributed by atoms with Gasteiger partial charge in [-0.3, -0.25) is 0 Å². The lowest BCUT2D eigenvalue weighted by Crippen LogP contribution is -1.86. The van der Waals surface area contributed by atoms with E-state index in [9.17, 15) is 14.6 Å². The molecule has 3 rings (SSSR count). The van der Waals surface area contributed by atoms with Crippen molar-refractivity contribution in [1.29, 1.82) is 0 Å². The molecule has 4 nitrogen and oxygen atoms in total. The molecule has 1 heterocycles. The molecule has 0 atom stereocenters. The van der Waals surface area contributed by atoms with Crippen molar-refractivity contribution in [2.24, 2.45) is 0 Å². The highest BCUT2D eigenvalue weighted by atomic mass is 19.1. The molecule has 0 saturated heterocycles. The number of aromatic nitrogens is 1. The molecular formula is C15H10FNO3. The van der Waals surface area contributed by atoms with Crippen LogP contribution >= 0.6 is 0 Å². The number of phenols is 2. The third-order valence-corrected chi connectivity index (χ3v) is 3.07. The van der Waals surface area contributed by atoms with Gasteiger partial charge in [0.1, 0.15) is 11.3 Å². The molecule has 0 amide bonds. The fraction of sp³-hybridized carbons (Fsp3) is 0. The van der Waals surface area contributed by atoms with Crippen LogP contribution in [0.4, 0.5) is 4.39 Å². The standard InChI is InChI=1S/C15H10FNO3/c1-2-8-6-12(19)13(14-15(8)20-7-17-14)9-3-4-11(18)10(16)5-9/h2-7,18-19H,1H2. The van der Waals surface area contributed by atoms with E-state index in [1.54, 1.807) is 0 Å². The van der Waals surface area contributed by atoms with Crippen LogP contribution in [0.3, 0.4) is 0 Å². The fourth-order valence-corrected chi connectivity index (χ4v) is 2.13. The summed E-state index contributed by atoms with van der Waals surface area (Å²) >= 11 is 0. The molecule has 0 fully saturated rings. The number of phenolic OH excluding ortho intramolecular Hbond substituents is 2. The van der Waals surface area contributed by atoms with Crippen LogP contribution < -0.4 is 0 Å².